The number of carbonyl (C=O) groups is 1. The maximum atomic E-state index is 12.1. The molecule has 1 rings (SSSR count). The average Bonchev–Trinajstić information content (AvgIpc) is 2.39. The van der Waals surface area contributed by atoms with E-state index in [1.165, 1.54) is 0 Å². The van der Waals surface area contributed by atoms with Gasteiger partial charge >= 0.3 is 6.09 Å². The summed E-state index contributed by atoms with van der Waals surface area (Å²) in [5.41, 5.74) is 0. The molecule has 11 heavy (non-hydrogen) atoms. The van der Waals surface area contributed by atoms with Gasteiger partial charge in [-0.2, -0.15) is 0 Å². The molecule has 3 nitrogen and oxygen atoms in total. The maximum absolute atomic E-state index is 12.1. The fourth-order valence-electron chi connectivity index (χ4n) is 0.685. The first-order chi connectivity index (χ1) is 5.06. The average molecular weight is 165 g/mol. The fourth-order valence-corrected chi connectivity index (χ4v) is 0.685. The summed E-state index contributed by atoms with van der Waals surface area (Å²) in [6.45, 7) is 1.81. The summed E-state index contributed by atoms with van der Waals surface area (Å²) in [6.07, 6.45) is -1.04. The Morgan fingerprint density at radius 3 is 2.73 bits per heavy atom. The summed E-state index contributed by atoms with van der Waals surface area (Å²) in [6, 6.07) is -1.01. The van der Waals surface area contributed by atoms with E-state index in [0.717, 1.165) is 0 Å². The van der Waals surface area contributed by atoms with E-state index in [4.69, 9.17) is 0 Å². The molecule has 0 aliphatic heterocycles. The minimum atomic E-state index is -2.72. The normalized spacial score (nSPS) is 25.9. The molecule has 0 spiro atoms. The molecule has 0 heterocycles. The lowest BCUT2D eigenvalue weighted by molar-refractivity contribution is 0.0997. The molecule has 1 amide bonds. The number of hydrogen-bond donors (Lipinski definition) is 1. The van der Waals surface area contributed by atoms with E-state index in [0.29, 0.717) is 0 Å². The molecule has 1 fully saturated rings. The standard InChI is InChI=1S/C6H9F2NO2/c1-2-11-5(10)9-4-3-6(4,7)8/h4H,2-3H2,1H3,(H,9,10). The Kier molecular flexibility index (Phi) is 1.97. The van der Waals surface area contributed by atoms with Gasteiger partial charge in [0.05, 0.1) is 6.61 Å². The smallest absolute Gasteiger partial charge is 0.407 e. The van der Waals surface area contributed by atoms with Crippen LogP contribution in [-0.4, -0.2) is 24.7 Å². The van der Waals surface area contributed by atoms with E-state index in [9.17, 15) is 13.6 Å². The molecule has 0 radical (unpaired) electrons. The second-order valence-electron chi connectivity index (χ2n) is 2.38. The van der Waals surface area contributed by atoms with Crippen molar-refractivity contribution in [1.82, 2.24) is 5.32 Å². The zero-order valence-corrected chi connectivity index (χ0v) is 6.06. The number of amides is 1. The van der Waals surface area contributed by atoms with E-state index in [-0.39, 0.29) is 13.0 Å². The van der Waals surface area contributed by atoms with Gasteiger partial charge in [-0.25, -0.2) is 13.6 Å². The molecule has 0 bridgehead atoms. The SMILES string of the molecule is CCOC(=O)NC1CC1(F)F. The maximum Gasteiger partial charge on any atom is 0.407 e. The molecule has 1 unspecified atom stereocenters. The lowest BCUT2D eigenvalue weighted by atomic mass is 10.7. The molecule has 1 saturated carbocycles. The lowest BCUT2D eigenvalue weighted by Crippen LogP contribution is -2.29. The molecule has 5 heteroatoms. The number of halogens is 2. The number of carbonyl (C=O) groups excluding carboxylic acids is 1. The van der Waals surface area contributed by atoms with Gasteiger partial charge < -0.3 is 10.1 Å². The van der Waals surface area contributed by atoms with Crippen LogP contribution in [0.15, 0.2) is 0 Å². The van der Waals surface area contributed by atoms with Crippen molar-refractivity contribution in [3.8, 4) is 0 Å². The van der Waals surface area contributed by atoms with Gasteiger partial charge in [-0.05, 0) is 6.92 Å². The zero-order valence-electron chi connectivity index (χ0n) is 6.06. The molecule has 1 aliphatic rings. The minimum Gasteiger partial charge on any atom is -0.450 e. The highest BCUT2D eigenvalue weighted by molar-refractivity contribution is 5.68. The highest BCUT2D eigenvalue weighted by Crippen LogP contribution is 2.41. The van der Waals surface area contributed by atoms with Crippen LogP contribution < -0.4 is 5.32 Å². The number of ether oxygens (including phenoxy) is 1. The van der Waals surface area contributed by atoms with Crippen LogP contribution in [0.1, 0.15) is 13.3 Å². The molecule has 0 aromatic rings. The summed E-state index contributed by atoms with van der Waals surface area (Å²) in [4.78, 5) is 10.5. The molecule has 1 N–H and O–H groups in total. The van der Waals surface area contributed by atoms with Crippen molar-refractivity contribution in [2.24, 2.45) is 0 Å². The van der Waals surface area contributed by atoms with Crippen LogP contribution >= 0.6 is 0 Å². The van der Waals surface area contributed by atoms with Gasteiger partial charge in [0, 0.05) is 6.42 Å². The lowest BCUT2D eigenvalue weighted by Gasteiger charge is -2.02. The predicted octanol–water partition coefficient (Wildman–Crippen LogP) is 1.14. The van der Waals surface area contributed by atoms with Crippen molar-refractivity contribution >= 4 is 6.09 Å². The van der Waals surface area contributed by atoms with Crippen LogP contribution in [-0.2, 0) is 4.74 Å². The molecule has 0 aromatic heterocycles. The monoisotopic (exact) mass is 165 g/mol. The number of rotatable bonds is 2. The largest absolute Gasteiger partial charge is 0.450 e. The van der Waals surface area contributed by atoms with Gasteiger partial charge in [0.2, 0.25) is 0 Å². The Morgan fingerprint density at radius 1 is 1.82 bits per heavy atom. The van der Waals surface area contributed by atoms with Crippen LogP contribution in [0.25, 0.3) is 0 Å². The second kappa shape index (κ2) is 2.64. The van der Waals surface area contributed by atoms with Gasteiger partial charge in [-0.1, -0.05) is 0 Å². The molecular weight excluding hydrogens is 156 g/mol. The number of alkyl halides is 2. The van der Waals surface area contributed by atoms with E-state index < -0.39 is 18.1 Å². The third-order valence-electron chi connectivity index (χ3n) is 1.39. The Bertz CT molecular complexity index is 172. The van der Waals surface area contributed by atoms with Crippen molar-refractivity contribution in [3.05, 3.63) is 0 Å². The van der Waals surface area contributed by atoms with Crippen LogP contribution in [0.5, 0.6) is 0 Å². The molecule has 1 atom stereocenters. The van der Waals surface area contributed by atoms with Crippen molar-refractivity contribution in [2.45, 2.75) is 25.3 Å². The summed E-state index contributed by atoms with van der Waals surface area (Å²) in [5, 5.41) is 2.03. The second-order valence-corrected chi connectivity index (χ2v) is 2.38. The van der Waals surface area contributed by atoms with E-state index in [1.54, 1.807) is 6.92 Å². The van der Waals surface area contributed by atoms with Crippen molar-refractivity contribution in [1.29, 1.82) is 0 Å². The third-order valence-corrected chi connectivity index (χ3v) is 1.39. The van der Waals surface area contributed by atoms with Gasteiger partial charge in [0.25, 0.3) is 5.92 Å². The number of hydrogen-bond acceptors (Lipinski definition) is 2. The Labute approximate surface area is 62.7 Å². The number of alkyl carbamates (subject to hydrolysis) is 1. The Morgan fingerprint density at radius 2 is 2.36 bits per heavy atom. The van der Waals surface area contributed by atoms with Gasteiger partial charge in [0.15, 0.2) is 0 Å². The molecule has 0 aromatic carbocycles. The summed E-state index contributed by atoms with van der Waals surface area (Å²) < 4.78 is 28.7. The first kappa shape index (κ1) is 8.23. The van der Waals surface area contributed by atoms with Crippen LogP contribution in [0.2, 0.25) is 0 Å². The molecule has 0 saturated heterocycles. The first-order valence-corrected chi connectivity index (χ1v) is 3.37. The summed E-state index contributed by atoms with van der Waals surface area (Å²) in [5.74, 6) is -2.72. The van der Waals surface area contributed by atoms with E-state index in [1.807, 2.05) is 5.32 Å². The highest BCUT2D eigenvalue weighted by Gasteiger charge is 2.58. The Hall–Kier alpha value is -0.870. The fraction of sp³-hybridized carbons (Fsp3) is 0.833. The van der Waals surface area contributed by atoms with Crippen molar-refractivity contribution in [3.63, 3.8) is 0 Å². The molecule has 1 aliphatic carbocycles. The molecular formula is C6H9F2NO2. The van der Waals surface area contributed by atoms with Gasteiger partial charge in [0.1, 0.15) is 6.04 Å². The zero-order chi connectivity index (χ0) is 8.48. The molecule has 64 valence electrons. The summed E-state index contributed by atoms with van der Waals surface area (Å²) in [7, 11) is 0. The van der Waals surface area contributed by atoms with Crippen LogP contribution in [0.3, 0.4) is 0 Å². The number of nitrogens with one attached hydrogen (secondary N) is 1. The predicted molar refractivity (Wildman–Crippen MR) is 33.5 cm³/mol. The van der Waals surface area contributed by atoms with Crippen LogP contribution in [0, 0.1) is 0 Å². The van der Waals surface area contributed by atoms with Gasteiger partial charge in [-0.15, -0.1) is 0 Å². The van der Waals surface area contributed by atoms with Crippen molar-refractivity contribution in [2.75, 3.05) is 6.61 Å². The highest BCUT2D eigenvalue weighted by atomic mass is 19.3. The Balaban J connectivity index is 2.18. The quantitative estimate of drug-likeness (QED) is 0.666. The van der Waals surface area contributed by atoms with Gasteiger partial charge in [-0.3, -0.25) is 0 Å². The van der Waals surface area contributed by atoms with E-state index in [2.05, 4.69) is 4.74 Å². The topological polar surface area (TPSA) is 38.3 Å². The van der Waals surface area contributed by atoms with Crippen molar-refractivity contribution < 1.29 is 18.3 Å². The first-order valence-electron chi connectivity index (χ1n) is 3.37. The van der Waals surface area contributed by atoms with Crippen LogP contribution in [0.4, 0.5) is 13.6 Å². The van der Waals surface area contributed by atoms with E-state index >= 15 is 0 Å². The third kappa shape index (κ3) is 2.03. The summed E-state index contributed by atoms with van der Waals surface area (Å²) >= 11 is 0. The minimum absolute atomic E-state index is 0.199.